The van der Waals surface area contributed by atoms with Gasteiger partial charge in [-0.1, -0.05) is 0 Å². The van der Waals surface area contributed by atoms with Crippen molar-refractivity contribution in [2.75, 3.05) is 0 Å². The number of aliphatic hydroxyl groups is 1. The summed E-state index contributed by atoms with van der Waals surface area (Å²) in [4.78, 5) is 21.5. The molecule has 0 bridgehead atoms. The third-order valence-electron chi connectivity index (χ3n) is 2.27. The van der Waals surface area contributed by atoms with E-state index >= 15 is 0 Å². The van der Waals surface area contributed by atoms with Crippen molar-refractivity contribution in [3.8, 4) is 0 Å². The maximum Gasteiger partial charge on any atom is 0.340 e. The lowest BCUT2D eigenvalue weighted by atomic mass is 9.87. The number of carboxylic acids is 1. The molecule has 1 saturated heterocycles. The van der Waals surface area contributed by atoms with Crippen molar-refractivity contribution < 1.29 is 24.5 Å². The Balaban J connectivity index is 3.03. The first-order chi connectivity index (χ1) is 5.40. The smallest absolute Gasteiger partial charge is 0.340 e. The lowest BCUT2D eigenvalue weighted by Gasteiger charge is -2.21. The first-order valence-electron chi connectivity index (χ1n) is 3.57. The molecule has 1 aliphatic heterocycles. The van der Waals surface area contributed by atoms with E-state index in [1.165, 1.54) is 13.8 Å². The molecule has 0 aliphatic carbocycles. The van der Waals surface area contributed by atoms with Crippen LogP contribution >= 0.6 is 0 Å². The molecule has 3 atom stereocenters. The molecular formula is C7H10O5. The fourth-order valence-corrected chi connectivity index (χ4v) is 1.26. The summed E-state index contributed by atoms with van der Waals surface area (Å²) in [7, 11) is 0. The van der Waals surface area contributed by atoms with Crippen LogP contribution in [-0.2, 0) is 14.3 Å². The Morgan fingerprint density at radius 1 is 1.58 bits per heavy atom. The Morgan fingerprint density at radius 3 is 2.25 bits per heavy atom. The van der Waals surface area contributed by atoms with Crippen molar-refractivity contribution in [1.82, 2.24) is 0 Å². The van der Waals surface area contributed by atoms with E-state index in [0.717, 1.165) is 0 Å². The van der Waals surface area contributed by atoms with Crippen molar-refractivity contribution in [2.24, 2.45) is 5.92 Å². The van der Waals surface area contributed by atoms with Crippen LogP contribution in [0.3, 0.4) is 0 Å². The van der Waals surface area contributed by atoms with Crippen molar-refractivity contribution in [2.45, 2.75) is 25.6 Å². The third kappa shape index (κ3) is 0.896. The van der Waals surface area contributed by atoms with Crippen LogP contribution in [0.15, 0.2) is 0 Å². The molecule has 0 aromatic rings. The van der Waals surface area contributed by atoms with Gasteiger partial charge in [-0.05, 0) is 13.8 Å². The number of esters is 1. The highest BCUT2D eigenvalue weighted by molar-refractivity contribution is 5.89. The number of carboxylic acid groups (broad SMARTS) is 1. The Morgan fingerprint density at radius 2 is 2.08 bits per heavy atom. The predicted octanol–water partition coefficient (Wildman–Crippen LogP) is -0.616. The van der Waals surface area contributed by atoms with E-state index in [1.807, 2.05) is 0 Å². The zero-order valence-corrected chi connectivity index (χ0v) is 6.77. The van der Waals surface area contributed by atoms with Gasteiger partial charge < -0.3 is 14.9 Å². The van der Waals surface area contributed by atoms with Crippen LogP contribution < -0.4 is 0 Å². The summed E-state index contributed by atoms with van der Waals surface area (Å²) in [5.41, 5.74) is -2.07. The van der Waals surface area contributed by atoms with E-state index in [-0.39, 0.29) is 0 Å². The van der Waals surface area contributed by atoms with Gasteiger partial charge in [-0.15, -0.1) is 0 Å². The van der Waals surface area contributed by atoms with Gasteiger partial charge in [0.15, 0.2) is 0 Å². The molecule has 1 heterocycles. The first kappa shape index (κ1) is 8.99. The molecule has 5 heteroatoms. The van der Waals surface area contributed by atoms with E-state index in [4.69, 9.17) is 5.11 Å². The van der Waals surface area contributed by atoms with Crippen LogP contribution in [-0.4, -0.2) is 33.9 Å². The van der Waals surface area contributed by atoms with Crippen LogP contribution in [0.4, 0.5) is 0 Å². The fourth-order valence-electron chi connectivity index (χ4n) is 1.26. The summed E-state index contributed by atoms with van der Waals surface area (Å²) in [6, 6.07) is 0. The molecule has 0 spiro atoms. The summed E-state index contributed by atoms with van der Waals surface area (Å²) < 4.78 is 4.58. The maximum absolute atomic E-state index is 10.9. The number of aliphatic carboxylic acids is 1. The van der Waals surface area contributed by atoms with E-state index in [0.29, 0.717) is 0 Å². The Labute approximate surface area is 68.9 Å². The molecule has 2 N–H and O–H groups in total. The molecule has 0 radical (unpaired) electrons. The Kier molecular flexibility index (Phi) is 1.83. The minimum absolute atomic E-state index is 0.674. The number of rotatable bonds is 1. The van der Waals surface area contributed by atoms with Gasteiger partial charge in [-0.2, -0.15) is 0 Å². The van der Waals surface area contributed by atoms with Crippen LogP contribution in [0.1, 0.15) is 13.8 Å². The summed E-state index contributed by atoms with van der Waals surface area (Å²) >= 11 is 0. The van der Waals surface area contributed by atoms with Gasteiger partial charge in [0.25, 0.3) is 0 Å². The molecule has 0 unspecified atom stereocenters. The first-order valence-corrected chi connectivity index (χ1v) is 3.57. The van der Waals surface area contributed by atoms with Crippen LogP contribution in [0.2, 0.25) is 0 Å². The number of hydrogen-bond donors (Lipinski definition) is 2. The standard InChI is InChI=1S/C7H10O5/c1-3-5(8)12-4(2)7(3,11)6(9)10/h3-4,11H,1-2H3,(H,9,10)/t3-,4+,7+/m1/s1. The number of carbonyl (C=O) groups is 2. The average molecular weight is 174 g/mol. The van der Waals surface area contributed by atoms with Gasteiger partial charge in [-0.3, -0.25) is 4.79 Å². The second kappa shape index (κ2) is 2.45. The largest absolute Gasteiger partial charge is 0.479 e. The van der Waals surface area contributed by atoms with Crippen molar-refractivity contribution in [1.29, 1.82) is 0 Å². The number of hydrogen-bond acceptors (Lipinski definition) is 4. The average Bonchev–Trinajstić information content (AvgIpc) is 2.16. The van der Waals surface area contributed by atoms with E-state index in [1.54, 1.807) is 0 Å². The second-order valence-corrected chi connectivity index (χ2v) is 2.93. The zero-order valence-electron chi connectivity index (χ0n) is 6.77. The molecular weight excluding hydrogens is 164 g/mol. The SMILES string of the molecule is C[C@@H]1OC(=O)[C@@H](C)[C@@]1(O)C(=O)O. The summed E-state index contributed by atoms with van der Waals surface area (Å²) in [5.74, 6) is -3.11. The highest BCUT2D eigenvalue weighted by Crippen LogP contribution is 2.32. The lowest BCUT2D eigenvalue weighted by Crippen LogP contribution is -2.49. The number of carbonyl (C=O) groups excluding carboxylic acids is 1. The Hall–Kier alpha value is -1.10. The van der Waals surface area contributed by atoms with Crippen LogP contribution in [0, 0.1) is 5.92 Å². The zero-order chi connectivity index (χ0) is 9.52. The van der Waals surface area contributed by atoms with Gasteiger partial charge in [0.05, 0.1) is 5.92 Å². The Bertz CT molecular complexity index is 236. The summed E-state index contributed by atoms with van der Waals surface area (Å²) in [6.07, 6.45) is -0.988. The molecule has 5 nitrogen and oxygen atoms in total. The van der Waals surface area contributed by atoms with Gasteiger partial charge in [0.1, 0.15) is 6.10 Å². The minimum atomic E-state index is -2.07. The molecule has 0 amide bonds. The maximum atomic E-state index is 10.9. The lowest BCUT2D eigenvalue weighted by molar-refractivity contribution is -0.166. The van der Waals surface area contributed by atoms with Gasteiger partial charge in [0, 0.05) is 0 Å². The van der Waals surface area contributed by atoms with Crippen LogP contribution in [0.5, 0.6) is 0 Å². The molecule has 1 aliphatic rings. The van der Waals surface area contributed by atoms with E-state index < -0.39 is 29.6 Å². The monoisotopic (exact) mass is 174 g/mol. The molecule has 12 heavy (non-hydrogen) atoms. The molecule has 1 fully saturated rings. The van der Waals surface area contributed by atoms with Crippen LogP contribution in [0.25, 0.3) is 0 Å². The molecule has 68 valence electrons. The third-order valence-corrected chi connectivity index (χ3v) is 2.27. The number of cyclic esters (lactones) is 1. The van der Waals surface area contributed by atoms with Gasteiger partial charge in [-0.25, -0.2) is 4.79 Å². The van der Waals surface area contributed by atoms with Crippen molar-refractivity contribution in [3.05, 3.63) is 0 Å². The van der Waals surface area contributed by atoms with Crippen molar-refractivity contribution in [3.63, 3.8) is 0 Å². The van der Waals surface area contributed by atoms with Crippen molar-refractivity contribution >= 4 is 11.9 Å². The van der Waals surface area contributed by atoms with Gasteiger partial charge >= 0.3 is 11.9 Å². The molecule has 0 aromatic heterocycles. The predicted molar refractivity (Wildman–Crippen MR) is 37.3 cm³/mol. The topological polar surface area (TPSA) is 83.8 Å². The highest BCUT2D eigenvalue weighted by Gasteiger charge is 2.57. The van der Waals surface area contributed by atoms with E-state index in [9.17, 15) is 14.7 Å². The van der Waals surface area contributed by atoms with E-state index in [2.05, 4.69) is 4.74 Å². The molecule has 1 rings (SSSR count). The second-order valence-electron chi connectivity index (χ2n) is 2.93. The molecule has 0 saturated carbocycles. The molecule has 0 aromatic carbocycles. The fraction of sp³-hybridized carbons (Fsp3) is 0.714. The minimum Gasteiger partial charge on any atom is -0.479 e. The highest BCUT2D eigenvalue weighted by atomic mass is 16.6. The normalized spacial score (nSPS) is 41.1. The van der Waals surface area contributed by atoms with Gasteiger partial charge in [0.2, 0.25) is 5.60 Å². The summed E-state index contributed by atoms with van der Waals surface area (Å²) in [5, 5.41) is 18.2. The quantitative estimate of drug-likeness (QED) is 0.518. The summed E-state index contributed by atoms with van der Waals surface area (Å²) in [6.45, 7) is 2.69. The number of ether oxygens (including phenoxy) is 1.